The molecule has 2 N–H and O–H groups in total. The lowest BCUT2D eigenvalue weighted by molar-refractivity contribution is 0.588. The number of rotatable bonds is 1. The minimum Gasteiger partial charge on any atom is -0.232 e. The van der Waals surface area contributed by atoms with Crippen molar-refractivity contribution in [1.29, 1.82) is 0 Å². The van der Waals surface area contributed by atoms with E-state index in [1.165, 1.54) is 0 Å². The molecule has 0 amide bonds. The van der Waals surface area contributed by atoms with E-state index in [4.69, 9.17) is 28.3 Å². The van der Waals surface area contributed by atoms with Crippen molar-refractivity contribution >= 4 is 44.5 Å². The van der Waals surface area contributed by atoms with Gasteiger partial charge in [-0.25, -0.2) is 28.0 Å². The number of aromatic nitrogens is 6. The smallest absolute Gasteiger partial charge is 0.232 e. The summed E-state index contributed by atoms with van der Waals surface area (Å²) < 4.78 is 25.6. The molecule has 0 aromatic carbocycles. The second kappa shape index (κ2) is 8.23. The third-order valence-corrected chi connectivity index (χ3v) is 5.21. The van der Waals surface area contributed by atoms with Crippen molar-refractivity contribution in [1.82, 2.24) is 29.2 Å². The van der Waals surface area contributed by atoms with Crippen LogP contribution < -0.4 is 5.14 Å². The summed E-state index contributed by atoms with van der Waals surface area (Å²) in [6.45, 7) is 7.22. The maximum atomic E-state index is 11.4. The molecule has 0 atom stereocenters. The van der Waals surface area contributed by atoms with Gasteiger partial charge in [0.05, 0.1) is 17.6 Å². The van der Waals surface area contributed by atoms with Crippen molar-refractivity contribution in [2.45, 2.75) is 40.1 Å². The normalized spacial score (nSPS) is 11.3. The average molecular weight is 458 g/mol. The van der Waals surface area contributed by atoms with Gasteiger partial charge >= 0.3 is 0 Å². The van der Waals surface area contributed by atoms with E-state index in [9.17, 15) is 8.42 Å². The Kier molecular flexibility index (Phi) is 6.53. The van der Waals surface area contributed by atoms with E-state index in [1.807, 2.05) is 26.1 Å². The number of nitrogens with zero attached hydrogens (tertiary/aromatic N) is 6. The van der Waals surface area contributed by atoms with E-state index in [1.54, 1.807) is 24.4 Å². The molecule has 12 heteroatoms. The molecule has 0 bridgehead atoms. The van der Waals surface area contributed by atoms with Crippen LogP contribution in [0, 0.1) is 27.7 Å². The zero-order chi connectivity index (χ0) is 20.8. The van der Waals surface area contributed by atoms with Crippen molar-refractivity contribution in [3.63, 3.8) is 0 Å². The van der Waals surface area contributed by atoms with Crippen LogP contribution in [0.25, 0.3) is 11.3 Å². The maximum absolute atomic E-state index is 11.4. The summed E-state index contributed by atoms with van der Waals surface area (Å²) in [5.74, 6) is 0. The fraction of sp³-hybridized carbons (Fsp3) is 0.294. The second-order valence-electron chi connectivity index (χ2n) is 6.23. The predicted octanol–water partition coefficient (Wildman–Crippen LogP) is 3.28. The van der Waals surface area contributed by atoms with Gasteiger partial charge in [0.15, 0.2) is 16.3 Å². The molecule has 0 aliphatic carbocycles. The molecule has 156 valence electrons. The van der Waals surface area contributed by atoms with Gasteiger partial charge < -0.3 is 0 Å². The van der Waals surface area contributed by atoms with Crippen molar-refractivity contribution in [3.05, 3.63) is 51.2 Å². The number of halogens is 2. The monoisotopic (exact) mass is 457 g/mol. The lowest BCUT2D eigenvalue weighted by Crippen LogP contribution is -2.17. The number of sulfonamides is 1. The molecule has 0 radical (unpaired) electrons. The fourth-order valence-corrected chi connectivity index (χ4v) is 4.06. The second-order valence-corrected chi connectivity index (χ2v) is 8.48. The van der Waals surface area contributed by atoms with Crippen LogP contribution in [0.2, 0.25) is 10.3 Å². The quantitative estimate of drug-likeness (QED) is 0.467. The Hall–Kier alpha value is -2.27. The maximum Gasteiger partial charge on any atom is 0.257 e. The molecule has 0 aliphatic heterocycles. The lowest BCUT2D eigenvalue weighted by Gasteiger charge is -2.01. The first kappa shape index (κ1) is 23.0. The molecule has 0 unspecified atom stereocenters. The first-order valence-corrected chi connectivity index (χ1v) is 10.3. The minimum absolute atomic E-state index is 0. The summed E-state index contributed by atoms with van der Waals surface area (Å²) in [7, 11) is -3.87. The number of hydrogen-bond donors (Lipinski definition) is 1. The Morgan fingerprint density at radius 3 is 2.07 bits per heavy atom. The first-order chi connectivity index (χ1) is 13.0. The SMILES string of the molecule is C.Cc1cn2nc(Cl)cc(C)c2n1.Cc1nc2c(C)cc(Cl)nn2c1S(N)(=O)=O. The standard InChI is InChI=1S/C8H9ClN4O2S.C8H8ClN3.CH4/c1-4-3-6(9)12-13-7(4)11-5(2)8(13)16(10,14)15;1-5-3-7(9)11-12-4-6(2)10-8(5)12;/h3H,1-2H3,(H2,10,14,15);3-4H,1-2H3;1H4. The third kappa shape index (κ3) is 4.67. The van der Waals surface area contributed by atoms with Gasteiger partial charge in [0.25, 0.3) is 10.0 Å². The van der Waals surface area contributed by atoms with Gasteiger partial charge in [-0.1, -0.05) is 30.6 Å². The van der Waals surface area contributed by atoms with Gasteiger partial charge in [-0.3, -0.25) is 0 Å². The third-order valence-electron chi connectivity index (χ3n) is 3.83. The number of aryl methyl sites for hydroxylation is 4. The zero-order valence-corrected chi connectivity index (χ0v) is 17.8. The molecule has 4 aromatic heterocycles. The Balaban J connectivity index is 0.000000207. The molecule has 9 nitrogen and oxygen atoms in total. The highest BCUT2D eigenvalue weighted by Gasteiger charge is 2.21. The number of primary sulfonamides is 1. The van der Waals surface area contributed by atoms with Crippen molar-refractivity contribution < 1.29 is 8.42 Å². The van der Waals surface area contributed by atoms with Gasteiger partial charge in [0, 0.05) is 0 Å². The summed E-state index contributed by atoms with van der Waals surface area (Å²) in [6, 6.07) is 3.42. The number of hydrogen-bond acceptors (Lipinski definition) is 6. The molecule has 29 heavy (non-hydrogen) atoms. The van der Waals surface area contributed by atoms with Crippen molar-refractivity contribution in [3.8, 4) is 0 Å². The summed E-state index contributed by atoms with van der Waals surface area (Å²) >= 11 is 11.5. The van der Waals surface area contributed by atoms with E-state index < -0.39 is 10.0 Å². The van der Waals surface area contributed by atoms with Crippen LogP contribution in [0.3, 0.4) is 0 Å². The molecule has 0 spiro atoms. The number of imidazole rings is 2. The van der Waals surface area contributed by atoms with Crippen LogP contribution in [-0.2, 0) is 10.0 Å². The Morgan fingerprint density at radius 1 is 0.931 bits per heavy atom. The molecule has 4 rings (SSSR count). The molecular weight excluding hydrogens is 437 g/mol. The topological polar surface area (TPSA) is 121 Å². The Labute approximate surface area is 178 Å². The predicted molar refractivity (Wildman–Crippen MR) is 113 cm³/mol. The Bertz CT molecular complexity index is 1310. The lowest BCUT2D eigenvalue weighted by atomic mass is 10.3. The van der Waals surface area contributed by atoms with Crippen LogP contribution in [0.1, 0.15) is 29.9 Å². The van der Waals surface area contributed by atoms with E-state index in [0.717, 1.165) is 27.0 Å². The van der Waals surface area contributed by atoms with E-state index >= 15 is 0 Å². The van der Waals surface area contributed by atoms with Gasteiger partial charge in [-0.2, -0.15) is 14.7 Å². The summed E-state index contributed by atoms with van der Waals surface area (Å²) in [6.07, 6.45) is 1.86. The van der Waals surface area contributed by atoms with Crippen LogP contribution in [0.4, 0.5) is 0 Å². The highest BCUT2D eigenvalue weighted by atomic mass is 35.5. The molecular formula is C17H21Cl2N7O2S. The van der Waals surface area contributed by atoms with E-state index in [2.05, 4.69) is 20.2 Å². The van der Waals surface area contributed by atoms with Crippen molar-refractivity contribution in [2.24, 2.45) is 5.14 Å². The molecule has 4 aromatic rings. The van der Waals surface area contributed by atoms with Gasteiger partial charge in [0.2, 0.25) is 0 Å². The van der Waals surface area contributed by atoms with Crippen LogP contribution in [0.5, 0.6) is 0 Å². The summed E-state index contributed by atoms with van der Waals surface area (Å²) in [5, 5.41) is 13.6. The fourth-order valence-electron chi connectivity index (χ4n) is 2.75. The molecule has 4 heterocycles. The van der Waals surface area contributed by atoms with Crippen LogP contribution >= 0.6 is 23.2 Å². The summed E-state index contributed by atoms with van der Waals surface area (Å²) in [4.78, 5) is 8.40. The summed E-state index contributed by atoms with van der Waals surface area (Å²) in [5.41, 5.74) is 4.34. The minimum atomic E-state index is -3.87. The van der Waals surface area contributed by atoms with E-state index in [-0.39, 0.29) is 17.6 Å². The zero-order valence-electron chi connectivity index (χ0n) is 15.5. The first-order valence-electron chi connectivity index (χ1n) is 8.02. The van der Waals surface area contributed by atoms with Gasteiger partial charge in [-0.05, 0) is 51.0 Å². The number of fused-ring (bicyclic) bond motifs is 2. The number of nitrogens with two attached hydrogens (primary N) is 1. The highest BCUT2D eigenvalue weighted by molar-refractivity contribution is 7.89. The Morgan fingerprint density at radius 2 is 1.48 bits per heavy atom. The van der Waals surface area contributed by atoms with Crippen LogP contribution in [0.15, 0.2) is 23.4 Å². The van der Waals surface area contributed by atoms with Crippen molar-refractivity contribution in [2.75, 3.05) is 0 Å². The molecule has 0 saturated carbocycles. The molecule has 0 aliphatic rings. The van der Waals surface area contributed by atoms with E-state index in [0.29, 0.717) is 16.5 Å². The highest BCUT2D eigenvalue weighted by Crippen LogP contribution is 2.19. The molecule has 0 saturated heterocycles. The molecule has 0 fully saturated rings. The van der Waals surface area contributed by atoms with Crippen LogP contribution in [-0.4, -0.2) is 37.6 Å². The average Bonchev–Trinajstić information content (AvgIpc) is 3.06. The van der Waals surface area contributed by atoms with Gasteiger partial charge in [-0.15, -0.1) is 0 Å². The largest absolute Gasteiger partial charge is 0.257 e. The van der Waals surface area contributed by atoms with Gasteiger partial charge in [0.1, 0.15) is 10.3 Å².